The summed E-state index contributed by atoms with van der Waals surface area (Å²) in [7, 11) is 1.79. The van der Waals surface area contributed by atoms with Gasteiger partial charge < -0.3 is 14.9 Å². The van der Waals surface area contributed by atoms with Gasteiger partial charge in [-0.15, -0.1) is 10.2 Å². The number of likely N-dealkylation sites (tertiary alicyclic amines) is 1. The van der Waals surface area contributed by atoms with Crippen LogP contribution in [0.2, 0.25) is 0 Å². The highest BCUT2D eigenvalue weighted by Crippen LogP contribution is 2.40. The highest BCUT2D eigenvalue weighted by Gasteiger charge is 2.34. The molecule has 0 aliphatic carbocycles. The molecular formula is C20H21F3N4O2. The van der Waals surface area contributed by atoms with Gasteiger partial charge in [-0.2, -0.15) is 13.2 Å². The Morgan fingerprint density at radius 2 is 1.93 bits per heavy atom. The molecule has 1 fully saturated rings. The number of phenolic OH excluding ortho intramolecular Hbond substituents is 1. The highest BCUT2D eigenvalue weighted by atomic mass is 19.4. The SMILES string of the molecule is Cc1cc(C(F)(F)F)cc(O)c1-c1cc2c(nn1)N([C@@H]1CCC(=O)N(C)C1)CC2. The van der Waals surface area contributed by atoms with Crippen LogP contribution in [0.15, 0.2) is 18.2 Å². The zero-order valence-electron chi connectivity index (χ0n) is 16.1. The van der Waals surface area contributed by atoms with Crippen molar-refractivity contribution in [3.63, 3.8) is 0 Å². The fourth-order valence-corrected chi connectivity index (χ4v) is 4.18. The van der Waals surface area contributed by atoms with E-state index in [1.54, 1.807) is 18.0 Å². The van der Waals surface area contributed by atoms with Gasteiger partial charge in [0.2, 0.25) is 5.91 Å². The van der Waals surface area contributed by atoms with Crippen LogP contribution < -0.4 is 4.90 Å². The minimum atomic E-state index is -4.53. The number of rotatable bonds is 2. The first-order valence-corrected chi connectivity index (χ1v) is 9.43. The molecule has 9 heteroatoms. The number of hydrogen-bond donors (Lipinski definition) is 1. The van der Waals surface area contributed by atoms with Gasteiger partial charge in [-0.3, -0.25) is 4.79 Å². The molecule has 154 valence electrons. The summed E-state index contributed by atoms with van der Waals surface area (Å²) in [5.74, 6) is 0.412. The van der Waals surface area contributed by atoms with Crippen LogP contribution in [0.1, 0.15) is 29.5 Å². The molecule has 3 heterocycles. The molecule has 2 aliphatic heterocycles. The van der Waals surface area contributed by atoms with E-state index in [0.717, 1.165) is 42.9 Å². The van der Waals surface area contributed by atoms with Gasteiger partial charge in [0, 0.05) is 43.7 Å². The minimum Gasteiger partial charge on any atom is -0.507 e. The van der Waals surface area contributed by atoms with Gasteiger partial charge in [0.15, 0.2) is 5.82 Å². The van der Waals surface area contributed by atoms with Crippen molar-refractivity contribution < 1.29 is 23.1 Å². The largest absolute Gasteiger partial charge is 0.507 e. The molecule has 0 spiro atoms. The molecular weight excluding hydrogens is 385 g/mol. The van der Waals surface area contributed by atoms with Crippen molar-refractivity contribution in [1.82, 2.24) is 15.1 Å². The Morgan fingerprint density at radius 3 is 2.59 bits per heavy atom. The van der Waals surface area contributed by atoms with Gasteiger partial charge in [-0.1, -0.05) is 0 Å². The van der Waals surface area contributed by atoms with Gasteiger partial charge in [0.25, 0.3) is 0 Å². The molecule has 1 amide bonds. The van der Waals surface area contributed by atoms with E-state index in [1.807, 2.05) is 0 Å². The molecule has 1 atom stereocenters. The number of hydrogen-bond acceptors (Lipinski definition) is 5. The lowest BCUT2D eigenvalue weighted by atomic mass is 9.99. The maximum atomic E-state index is 13.0. The number of nitrogens with zero attached hydrogens (tertiary/aromatic N) is 4. The molecule has 6 nitrogen and oxygen atoms in total. The van der Waals surface area contributed by atoms with Gasteiger partial charge in [0.1, 0.15) is 5.75 Å². The number of aryl methyl sites for hydroxylation is 1. The summed E-state index contributed by atoms with van der Waals surface area (Å²) in [6.07, 6.45) is -2.55. The Morgan fingerprint density at radius 1 is 1.17 bits per heavy atom. The van der Waals surface area contributed by atoms with E-state index in [2.05, 4.69) is 15.1 Å². The number of piperidine rings is 1. The van der Waals surface area contributed by atoms with Gasteiger partial charge in [0.05, 0.1) is 11.3 Å². The Kier molecular flexibility index (Phi) is 4.63. The van der Waals surface area contributed by atoms with Crippen molar-refractivity contribution in [2.24, 2.45) is 0 Å². The predicted octanol–water partition coefficient (Wildman–Crippen LogP) is 3.16. The number of amides is 1. The number of anilines is 1. The van der Waals surface area contributed by atoms with Crippen molar-refractivity contribution in [3.8, 4) is 17.0 Å². The zero-order chi connectivity index (χ0) is 20.9. The maximum absolute atomic E-state index is 13.0. The van der Waals surface area contributed by atoms with E-state index in [9.17, 15) is 23.1 Å². The number of fused-ring (bicyclic) bond motifs is 1. The number of halogens is 3. The van der Waals surface area contributed by atoms with Crippen molar-refractivity contribution >= 4 is 11.7 Å². The lowest BCUT2D eigenvalue weighted by Crippen LogP contribution is -2.48. The number of aromatic hydroxyl groups is 1. The lowest BCUT2D eigenvalue weighted by Gasteiger charge is -2.36. The molecule has 0 saturated carbocycles. The molecule has 0 unspecified atom stereocenters. The normalized spacial score (nSPS) is 19.6. The third-order valence-corrected chi connectivity index (χ3v) is 5.69. The smallest absolute Gasteiger partial charge is 0.416 e. The fourth-order valence-electron chi connectivity index (χ4n) is 4.18. The first-order chi connectivity index (χ1) is 13.6. The molecule has 0 bridgehead atoms. The van der Waals surface area contributed by atoms with Crippen molar-refractivity contribution in [3.05, 3.63) is 34.9 Å². The Labute approximate surface area is 166 Å². The first kappa shape index (κ1) is 19.5. The molecule has 1 saturated heterocycles. The molecule has 2 aromatic rings. The second-order valence-corrected chi connectivity index (χ2v) is 7.67. The second-order valence-electron chi connectivity index (χ2n) is 7.67. The van der Waals surface area contributed by atoms with E-state index in [-0.39, 0.29) is 23.1 Å². The van der Waals surface area contributed by atoms with Crippen LogP contribution in [0.3, 0.4) is 0 Å². The van der Waals surface area contributed by atoms with Crippen LogP contribution in [0.25, 0.3) is 11.3 Å². The zero-order valence-corrected chi connectivity index (χ0v) is 16.1. The average Bonchev–Trinajstić information content (AvgIpc) is 3.06. The van der Waals surface area contributed by atoms with E-state index < -0.39 is 17.5 Å². The predicted molar refractivity (Wildman–Crippen MR) is 101 cm³/mol. The number of phenols is 1. The lowest BCUT2D eigenvalue weighted by molar-refractivity contribution is -0.137. The van der Waals surface area contributed by atoms with E-state index in [1.165, 1.54) is 6.92 Å². The number of aromatic nitrogens is 2. The van der Waals surface area contributed by atoms with Crippen molar-refractivity contribution in [1.29, 1.82) is 0 Å². The fraction of sp³-hybridized carbons (Fsp3) is 0.450. The Hall–Kier alpha value is -2.84. The quantitative estimate of drug-likeness (QED) is 0.830. The van der Waals surface area contributed by atoms with Crippen LogP contribution in [0, 0.1) is 6.92 Å². The summed E-state index contributed by atoms with van der Waals surface area (Å²) in [5, 5.41) is 18.8. The van der Waals surface area contributed by atoms with Crippen molar-refractivity contribution in [2.75, 3.05) is 25.0 Å². The van der Waals surface area contributed by atoms with Gasteiger partial charge >= 0.3 is 6.18 Å². The van der Waals surface area contributed by atoms with Gasteiger partial charge in [-0.05, 0) is 43.5 Å². The summed E-state index contributed by atoms with van der Waals surface area (Å²) >= 11 is 0. The van der Waals surface area contributed by atoms with E-state index >= 15 is 0 Å². The summed E-state index contributed by atoms with van der Waals surface area (Å²) in [4.78, 5) is 15.6. The molecule has 1 aromatic carbocycles. The van der Waals surface area contributed by atoms with E-state index in [0.29, 0.717) is 18.7 Å². The number of alkyl halides is 3. The third kappa shape index (κ3) is 3.49. The molecule has 4 rings (SSSR count). The van der Waals surface area contributed by atoms with Crippen LogP contribution in [0.5, 0.6) is 5.75 Å². The van der Waals surface area contributed by atoms with Crippen LogP contribution in [0.4, 0.5) is 19.0 Å². The molecule has 2 aliphatic rings. The summed E-state index contributed by atoms with van der Waals surface area (Å²) in [6.45, 7) is 2.89. The average molecular weight is 406 g/mol. The Balaban J connectivity index is 1.64. The van der Waals surface area contributed by atoms with Crippen LogP contribution in [-0.2, 0) is 17.4 Å². The summed E-state index contributed by atoms with van der Waals surface area (Å²) in [5.41, 5.74) is 0.939. The topological polar surface area (TPSA) is 69.6 Å². The molecule has 0 radical (unpaired) electrons. The van der Waals surface area contributed by atoms with Crippen LogP contribution in [-0.4, -0.2) is 52.3 Å². The number of likely N-dealkylation sites (N-methyl/N-ethyl adjacent to an activating group) is 1. The number of carbonyl (C=O) groups is 1. The minimum absolute atomic E-state index is 0.135. The monoisotopic (exact) mass is 406 g/mol. The number of carbonyl (C=O) groups excluding carboxylic acids is 1. The van der Waals surface area contributed by atoms with Gasteiger partial charge in [-0.25, -0.2) is 0 Å². The summed E-state index contributed by atoms with van der Waals surface area (Å²) < 4.78 is 38.9. The summed E-state index contributed by atoms with van der Waals surface area (Å²) in [6, 6.07) is 3.68. The maximum Gasteiger partial charge on any atom is 0.416 e. The Bertz CT molecular complexity index is 954. The first-order valence-electron chi connectivity index (χ1n) is 9.43. The molecule has 29 heavy (non-hydrogen) atoms. The molecule has 1 aromatic heterocycles. The van der Waals surface area contributed by atoms with Crippen molar-refractivity contribution in [2.45, 2.75) is 38.4 Å². The molecule has 1 N–H and O–H groups in total. The highest BCUT2D eigenvalue weighted by molar-refractivity contribution is 5.77. The number of benzene rings is 1. The third-order valence-electron chi connectivity index (χ3n) is 5.69. The standard InChI is InChI=1S/C20H21F3N4O2/c1-11-7-13(20(21,22)23)9-16(28)18(11)15-8-12-5-6-27(19(12)25-24-15)14-3-4-17(29)26(2)10-14/h7-9,14,28H,3-6,10H2,1-2H3/t14-/m1/s1. The van der Waals surface area contributed by atoms with E-state index in [4.69, 9.17) is 0 Å². The second kappa shape index (κ2) is 6.89. The van der Waals surface area contributed by atoms with Crippen LogP contribution >= 0.6 is 0 Å².